The lowest BCUT2D eigenvalue weighted by Gasteiger charge is -2.09. The maximum Gasteiger partial charge on any atom is 0.573 e. The van der Waals surface area contributed by atoms with Gasteiger partial charge in [-0.15, -0.1) is 13.2 Å². The van der Waals surface area contributed by atoms with Crippen LogP contribution in [0.15, 0.2) is 48.5 Å². The van der Waals surface area contributed by atoms with Gasteiger partial charge in [-0.3, -0.25) is 0 Å². The third-order valence-corrected chi connectivity index (χ3v) is 3.21. The Balaban J connectivity index is 1.98. The fourth-order valence-corrected chi connectivity index (χ4v) is 2.25. The topological polar surface area (TPSA) is 34.2 Å². The lowest BCUT2D eigenvalue weighted by atomic mass is 10.1. The van der Waals surface area contributed by atoms with E-state index in [4.69, 9.17) is 4.74 Å². The SMILES string of the molecule is COc1ccc2cc(-c3cccc(OC(F)(F)F)c3)[nH]c2c1. The molecule has 0 aliphatic heterocycles. The van der Waals surface area contributed by atoms with E-state index in [1.807, 2.05) is 24.3 Å². The molecule has 1 aromatic heterocycles. The molecule has 3 nitrogen and oxygen atoms in total. The Kier molecular flexibility index (Phi) is 3.44. The standard InChI is InChI=1S/C16H12F3NO2/c1-21-12-6-5-11-8-14(20-15(11)9-12)10-3-2-4-13(7-10)22-16(17,18)19/h2-9,20H,1H3. The highest BCUT2D eigenvalue weighted by Gasteiger charge is 2.31. The Bertz CT molecular complexity index is 809. The van der Waals surface area contributed by atoms with Crippen LogP contribution in [0.3, 0.4) is 0 Å². The number of benzene rings is 2. The average Bonchev–Trinajstić information content (AvgIpc) is 2.88. The van der Waals surface area contributed by atoms with E-state index in [1.165, 1.54) is 18.2 Å². The Morgan fingerprint density at radius 1 is 0.955 bits per heavy atom. The predicted molar refractivity (Wildman–Crippen MR) is 77.0 cm³/mol. The molecule has 3 aromatic rings. The fraction of sp³-hybridized carbons (Fsp3) is 0.125. The number of alkyl halides is 3. The largest absolute Gasteiger partial charge is 0.573 e. The number of hydrogen-bond donors (Lipinski definition) is 1. The lowest BCUT2D eigenvalue weighted by molar-refractivity contribution is -0.274. The third-order valence-electron chi connectivity index (χ3n) is 3.21. The van der Waals surface area contributed by atoms with E-state index in [0.717, 1.165) is 10.9 Å². The van der Waals surface area contributed by atoms with Gasteiger partial charge in [-0.25, -0.2) is 0 Å². The number of H-pyrrole nitrogens is 1. The molecule has 0 fully saturated rings. The highest BCUT2D eigenvalue weighted by molar-refractivity contribution is 5.87. The van der Waals surface area contributed by atoms with Gasteiger partial charge < -0.3 is 14.5 Å². The van der Waals surface area contributed by atoms with Crippen molar-refractivity contribution in [2.45, 2.75) is 6.36 Å². The van der Waals surface area contributed by atoms with Gasteiger partial charge in [0.15, 0.2) is 0 Å². The summed E-state index contributed by atoms with van der Waals surface area (Å²) in [4.78, 5) is 3.16. The van der Waals surface area contributed by atoms with Crippen molar-refractivity contribution in [3.8, 4) is 22.8 Å². The summed E-state index contributed by atoms with van der Waals surface area (Å²) < 4.78 is 45.9. The molecule has 0 aliphatic carbocycles. The molecule has 22 heavy (non-hydrogen) atoms. The summed E-state index contributed by atoms with van der Waals surface area (Å²) in [6.45, 7) is 0. The van der Waals surface area contributed by atoms with E-state index >= 15 is 0 Å². The van der Waals surface area contributed by atoms with Crippen LogP contribution in [-0.2, 0) is 0 Å². The van der Waals surface area contributed by atoms with Crippen LogP contribution in [0.25, 0.3) is 22.2 Å². The van der Waals surface area contributed by atoms with Crippen molar-refractivity contribution >= 4 is 10.9 Å². The maximum absolute atomic E-state index is 12.3. The Labute approximate surface area is 124 Å². The first kappa shape index (κ1) is 14.3. The molecule has 0 bridgehead atoms. The molecule has 0 spiro atoms. The van der Waals surface area contributed by atoms with Gasteiger partial charge >= 0.3 is 6.36 Å². The van der Waals surface area contributed by atoms with Crippen LogP contribution in [0.4, 0.5) is 13.2 Å². The van der Waals surface area contributed by atoms with Gasteiger partial charge in [0, 0.05) is 28.2 Å². The lowest BCUT2D eigenvalue weighted by Crippen LogP contribution is -2.17. The summed E-state index contributed by atoms with van der Waals surface area (Å²) in [7, 11) is 1.57. The van der Waals surface area contributed by atoms with E-state index in [1.54, 1.807) is 13.2 Å². The number of fused-ring (bicyclic) bond motifs is 1. The van der Waals surface area contributed by atoms with Crippen molar-refractivity contribution in [2.24, 2.45) is 0 Å². The number of hydrogen-bond acceptors (Lipinski definition) is 2. The zero-order chi connectivity index (χ0) is 15.7. The molecule has 6 heteroatoms. The smallest absolute Gasteiger partial charge is 0.497 e. The predicted octanol–water partition coefficient (Wildman–Crippen LogP) is 4.74. The summed E-state index contributed by atoms with van der Waals surface area (Å²) in [5.41, 5.74) is 2.16. The van der Waals surface area contributed by atoms with Gasteiger partial charge in [0.1, 0.15) is 11.5 Å². The van der Waals surface area contributed by atoms with E-state index in [-0.39, 0.29) is 5.75 Å². The minimum absolute atomic E-state index is 0.249. The first-order valence-corrected chi connectivity index (χ1v) is 6.47. The summed E-state index contributed by atoms with van der Waals surface area (Å²) >= 11 is 0. The van der Waals surface area contributed by atoms with Crippen molar-refractivity contribution in [2.75, 3.05) is 7.11 Å². The zero-order valence-corrected chi connectivity index (χ0v) is 11.6. The Morgan fingerprint density at radius 3 is 2.50 bits per heavy atom. The number of ether oxygens (including phenoxy) is 2. The molecule has 114 valence electrons. The quantitative estimate of drug-likeness (QED) is 0.758. The molecule has 3 rings (SSSR count). The third kappa shape index (κ3) is 3.00. The summed E-state index contributed by atoms with van der Waals surface area (Å²) in [5, 5.41) is 0.943. The second-order valence-corrected chi connectivity index (χ2v) is 4.71. The van der Waals surface area contributed by atoms with Crippen LogP contribution < -0.4 is 9.47 Å². The van der Waals surface area contributed by atoms with Gasteiger partial charge in [0.05, 0.1) is 7.11 Å². The van der Waals surface area contributed by atoms with Gasteiger partial charge in [-0.1, -0.05) is 12.1 Å². The summed E-state index contributed by atoms with van der Waals surface area (Å²) in [6.07, 6.45) is -4.70. The number of halogens is 3. The number of rotatable bonds is 3. The highest BCUT2D eigenvalue weighted by Crippen LogP contribution is 2.30. The minimum Gasteiger partial charge on any atom is -0.497 e. The van der Waals surface area contributed by atoms with Crippen molar-refractivity contribution in [3.63, 3.8) is 0 Å². The maximum atomic E-state index is 12.3. The summed E-state index contributed by atoms with van der Waals surface area (Å²) in [6, 6.07) is 13.2. The van der Waals surface area contributed by atoms with Crippen molar-refractivity contribution < 1.29 is 22.6 Å². The molecule has 0 unspecified atom stereocenters. The molecule has 0 saturated carbocycles. The average molecular weight is 307 g/mol. The molecule has 2 aromatic carbocycles. The van der Waals surface area contributed by atoms with Crippen molar-refractivity contribution in [3.05, 3.63) is 48.5 Å². The van der Waals surface area contributed by atoms with Gasteiger partial charge in [0.2, 0.25) is 0 Å². The molecule has 1 N–H and O–H groups in total. The minimum atomic E-state index is -4.70. The van der Waals surface area contributed by atoms with Crippen LogP contribution in [0.1, 0.15) is 0 Å². The molecule has 0 amide bonds. The number of aromatic nitrogens is 1. The second-order valence-electron chi connectivity index (χ2n) is 4.71. The van der Waals surface area contributed by atoms with Crippen LogP contribution in [0.5, 0.6) is 11.5 Å². The van der Waals surface area contributed by atoms with Gasteiger partial charge in [-0.2, -0.15) is 0 Å². The second kappa shape index (κ2) is 5.29. The molecule has 1 heterocycles. The Morgan fingerprint density at radius 2 is 1.77 bits per heavy atom. The van der Waals surface area contributed by atoms with Crippen LogP contribution >= 0.6 is 0 Å². The molecular formula is C16H12F3NO2. The fourth-order valence-electron chi connectivity index (χ4n) is 2.25. The number of aromatic amines is 1. The zero-order valence-electron chi connectivity index (χ0n) is 11.6. The monoisotopic (exact) mass is 307 g/mol. The number of nitrogens with one attached hydrogen (secondary N) is 1. The van der Waals surface area contributed by atoms with Crippen molar-refractivity contribution in [1.82, 2.24) is 4.98 Å². The van der Waals surface area contributed by atoms with Crippen molar-refractivity contribution in [1.29, 1.82) is 0 Å². The van der Waals surface area contributed by atoms with E-state index in [0.29, 0.717) is 17.0 Å². The van der Waals surface area contributed by atoms with Crippen LogP contribution in [0.2, 0.25) is 0 Å². The molecular weight excluding hydrogens is 295 g/mol. The molecule has 0 atom stereocenters. The summed E-state index contributed by atoms with van der Waals surface area (Å²) in [5.74, 6) is 0.455. The highest BCUT2D eigenvalue weighted by atomic mass is 19.4. The first-order valence-electron chi connectivity index (χ1n) is 6.47. The molecule has 0 radical (unpaired) electrons. The normalized spacial score (nSPS) is 11.6. The van der Waals surface area contributed by atoms with Crippen LogP contribution in [-0.4, -0.2) is 18.5 Å². The number of methoxy groups -OCH3 is 1. The van der Waals surface area contributed by atoms with E-state index in [9.17, 15) is 13.2 Å². The molecule has 0 aliphatic rings. The van der Waals surface area contributed by atoms with Gasteiger partial charge in [0.25, 0.3) is 0 Å². The Hall–Kier alpha value is -2.63. The molecule has 0 saturated heterocycles. The first-order chi connectivity index (χ1) is 10.4. The van der Waals surface area contributed by atoms with E-state index in [2.05, 4.69) is 9.72 Å². The van der Waals surface area contributed by atoms with E-state index < -0.39 is 6.36 Å². The van der Waals surface area contributed by atoms with Crippen LogP contribution in [0, 0.1) is 0 Å². The van der Waals surface area contributed by atoms with Gasteiger partial charge in [-0.05, 0) is 30.3 Å².